The van der Waals surface area contributed by atoms with Crippen LogP contribution >= 0.6 is 0 Å². The number of esters is 1. The van der Waals surface area contributed by atoms with Gasteiger partial charge in [-0.25, -0.2) is 0 Å². The highest BCUT2D eigenvalue weighted by Crippen LogP contribution is 2.74. The Labute approximate surface area is 237 Å². The van der Waals surface area contributed by atoms with Crippen LogP contribution in [0.2, 0.25) is 0 Å². The molecule has 0 amide bonds. The molecule has 0 saturated heterocycles. The number of allylic oxidation sites excluding steroid dienone is 2. The lowest BCUT2D eigenvalue weighted by Gasteiger charge is -2.64. The van der Waals surface area contributed by atoms with Crippen LogP contribution in [0.4, 0.5) is 0 Å². The SMILES string of the molecule is CC(=O)OC(C)(C)C=CC(=O)[C@](C)(O)C1[C@H](O)C[C@@]2(C)[C@@H]3CC=C4[C@@H](C[C@H](O)C(=O)C4(C)C)[C@]3(C)C(=O)C[C@]12C. The van der Waals surface area contributed by atoms with Crippen molar-refractivity contribution in [2.75, 3.05) is 0 Å². The van der Waals surface area contributed by atoms with E-state index in [4.69, 9.17) is 4.74 Å². The van der Waals surface area contributed by atoms with E-state index in [0.717, 1.165) is 5.57 Å². The monoisotopic (exact) mass is 558 g/mol. The molecule has 8 heteroatoms. The Morgan fingerprint density at radius 3 is 2.23 bits per heavy atom. The number of carbonyl (C=O) groups is 4. The average molecular weight is 559 g/mol. The first-order valence-electron chi connectivity index (χ1n) is 14.4. The highest BCUT2D eigenvalue weighted by Gasteiger charge is 2.74. The smallest absolute Gasteiger partial charge is 0.303 e. The molecule has 0 aromatic rings. The summed E-state index contributed by atoms with van der Waals surface area (Å²) in [5.41, 5.74) is -5.43. The average Bonchev–Trinajstić information content (AvgIpc) is 3.01. The standard InChI is InChI=1S/C32H46O8/c1-17(33)40-27(2,3)13-12-23(36)32(9,39)25-21(35)15-29(6)22-11-10-18-19(14-20(34)26(38)28(18,4)5)31(22,8)24(37)16-30(25,29)7/h10,12-13,19-22,25,34-35,39H,11,14-16H2,1-9H3/t19-,20+,21-,22+,25?,29+,30-,31+,32+/m1/s1. The molecule has 4 aliphatic carbocycles. The largest absolute Gasteiger partial charge is 0.456 e. The van der Waals surface area contributed by atoms with Gasteiger partial charge in [0.2, 0.25) is 0 Å². The van der Waals surface area contributed by atoms with Gasteiger partial charge in [-0.2, -0.15) is 0 Å². The molecule has 3 N–H and O–H groups in total. The maximum atomic E-state index is 14.3. The van der Waals surface area contributed by atoms with Crippen molar-refractivity contribution in [3.8, 4) is 0 Å². The zero-order valence-electron chi connectivity index (χ0n) is 25.3. The molecule has 3 fully saturated rings. The molecule has 0 spiro atoms. The van der Waals surface area contributed by atoms with E-state index in [2.05, 4.69) is 13.0 Å². The quantitative estimate of drug-likeness (QED) is 0.265. The third-order valence-electron chi connectivity index (χ3n) is 11.5. The summed E-state index contributed by atoms with van der Waals surface area (Å²) in [4.78, 5) is 52.1. The zero-order valence-corrected chi connectivity index (χ0v) is 25.3. The molecule has 4 aliphatic rings. The fraction of sp³-hybridized carbons (Fsp3) is 0.750. The van der Waals surface area contributed by atoms with Crippen molar-refractivity contribution in [3.63, 3.8) is 0 Å². The van der Waals surface area contributed by atoms with Gasteiger partial charge in [0.05, 0.1) is 6.10 Å². The van der Waals surface area contributed by atoms with E-state index in [1.165, 1.54) is 26.0 Å². The van der Waals surface area contributed by atoms with Crippen LogP contribution in [0.15, 0.2) is 23.8 Å². The minimum absolute atomic E-state index is 0.0284. The first-order valence-corrected chi connectivity index (χ1v) is 14.4. The Hall–Kier alpha value is -2.16. The van der Waals surface area contributed by atoms with Gasteiger partial charge in [-0.3, -0.25) is 19.2 Å². The minimum atomic E-state index is -1.99. The van der Waals surface area contributed by atoms with Crippen LogP contribution in [0.3, 0.4) is 0 Å². The van der Waals surface area contributed by atoms with E-state index >= 15 is 0 Å². The van der Waals surface area contributed by atoms with Gasteiger partial charge in [-0.15, -0.1) is 0 Å². The number of fused-ring (bicyclic) bond motifs is 5. The summed E-state index contributed by atoms with van der Waals surface area (Å²) in [6.45, 7) is 15.4. The summed E-state index contributed by atoms with van der Waals surface area (Å²) in [5.74, 6) is -2.85. The van der Waals surface area contributed by atoms with E-state index in [9.17, 15) is 34.5 Å². The van der Waals surface area contributed by atoms with Gasteiger partial charge in [0.15, 0.2) is 11.6 Å². The molecule has 0 aromatic carbocycles. The van der Waals surface area contributed by atoms with Crippen LogP contribution < -0.4 is 0 Å². The highest BCUT2D eigenvalue weighted by atomic mass is 16.6. The molecule has 40 heavy (non-hydrogen) atoms. The number of aliphatic hydroxyl groups excluding tert-OH is 2. The van der Waals surface area contributed by atoms with E-state index in [1.807, 2.05) is 27.7 Å². The number of rotatable bonds is 5. The molecule has 1 unspecified atom stereocenters. The summed E-state index contributed by atoms with van der Waals surface area (Å²) < 4.78 is 5.23. The lowest BCUT2D eigenvalue weighted by molar-refractivity contribution is -0.183. The molecule has 222 valence electrons. The number of aliphatic hydroxyl groups is 3. The van der Waals surface area contributed by atoms with Gasteiger partial charge < -0.3 is 20.1 Å². The van der Waals surface area contributed by atoms with Gasteiger partial charge in [0.1, 0.15) is 23.1 Å². The van der Waals surface area contributed by atoms with Crippen molar-refractivity contribution in [3.05, 3.63) is 23.8 Å². The number of ketones is 3. The predicted octanol–water partition coefficient (Wildman–Crippen LogP) is 3.50. The molecular formula is C32H46O8. The van der Waals surface area contributed by atoms with Crippen molar-refractivity contribution < 1.29 is 39.2 Å². The van der Waals surface area contributed by atoms with E-state index < -0.39 is 62.7 Å². The third kappa shape index (κ3) is 4.11. The van der Waals surface area contributed by atoms with Crippen LogP contribution in [-0.2, 0) is 23.9 Å². The number of hydrogen-bond donors (Lipinski definition) is 3. The lowest BCUT2D eigenvalue weighted by Crippen LogP contribution is -2.65. The summed E-state index contributed by atoms with van der Waals surface area (Å²) in [6, 6.07) is 0. The second-order valence-electron chi connectivity index (χ2n) is 14.8. The van der Waals surface area contributed by atoms with Crippen molar-refractivity contribution in [2.45, 2.75) is 111 Å². The molecular weight excluding hydrogens is 512 g/mol. The summed E-state index contributed by atoms with van der Waals surface area (Å²) >= 11 is 0. The predicted molar refractivity (Wildman–Crippen MR) is 148 cm³/mol. The molecule has 0 heterocycles. The zero-order chi connectivity index (χ0) is 30.4. The normalized spacial score (nSPS) is 42.4. The van der Waals surface area contributed by atoms with Crippen LogP contribution in [-0.4, -0.2) is 62.0 Å². The van der Waals surface area contributed by atoms with E-state index in [1.54, 1.807) is 13.8 Å². The van der Waals surface area contributed by atoms with Crippen molar-refractivity contribution in [2.24, 2.45) is 39.4 Å². The lowest BCUT2D eigenvalue weighted by atomic mass is 9.38. The molecule has 4 rings (SSSR count). The maximum absolute atomic E-state index is 14.3. The molecule has 8 nitrogen and oxygen atoms in total. The summed E-state index contributed by atoms with van der Waals surface area (Å²) in [5, 5.41) is 34.0. The van der Waals surface area contributed by atoms with Crippen LogP contribution in [0.25, 0.3) is 0 Å². The number of ether oxygens (including phenoxy) is 1. The summed E-state index contributed by atoms with van der Waals surface area (Å²) in [7, 11) is 0. The molecule has 0 aromatic heterocycles. The summed E-state index contributed by atoms with van der Waals surface area (Å²) in [6.07, 6.45) is 3.55. The molecule has 0 radical (unpaired) electrons. The highest BCUT2D eigenvalue weighted by molar-refractivity contribution is 5.98. The molecule has 0 aliphatic heterocycles. The van der Waals surface area contributed by atoms with Gasteiger partial charge in [-0.1, -0.05) is 32.4 Å². The van der Waals surface area contributed by atoms with Crippen LogP contribution in [0.1, 0.15) is 88.0 Å². The van der Waals surface area contributed by atoms with Gasteiger partial charge >= 0.3 is 5.97 Å². The Morgan fingerprint density at radius 1 is 1.05 bits per heavy atom. The molecule has 0 bridgehead atoms. The molecule has 9 atom stereocenters. The first kappa shape index (κ1) is 30.8. The fourth-order valence-corrected chi connectivity index (χ4v) is 9.40. The van der Waals surface area contributed by atoms with Gasteiger partial charge in [0, 0.05) is 30.1 Å². The maximum Gasteiger partial charge on any atom is 0.303 e. The first-order chi connectivity index (χ1) is 18.1. The number of Topliss-reactive ketones (excluding diaryl/α,β-unsaturated/α-hetero) is 2. The number of hydrogen-bond acceptors (Lipinski definition) is 8. The number of carbonyl (C=O) groups excluding carboxylic acids is 4. The Bertz CT molecular complexity index is 1210. The van der Waals surface area contributed by atoms with Crippen molar-refractivity contribution in [1.82, 2.24) is 0 Å². The fourth-order valence-electron chi connectivity index (χ4n) is 9.40. The van der Waals surface area contributed by atoms with Crippen molar-refractivity contribution in [1.29, 1.82) is 0 Å². The second kappa shape index (κ2) is 9.17. The van der Waals surface area contributed by atoms with Gasteiger partial charge in [-0.05, 0) is 88.7 Å². The van der Waals surface area contributed by atoms with E-state index in [0.29, 0.717) is 12.8 Å². The van der Waals surface area contributed by atoms with Crippen LogP contribution in [0.5, 0.6) is 0 Å². The molecule has 3 saturated carbocycles. The Morgan fingerprint density at radius 2 is 1.65 bits per heavy atom. The second-order valence-corrected chi connectivity index (χ2v) is 14.8. The van der Waals surface area contributed by atoms with Crippen LogP contribution in [0, 0.1) is 39.4 Å². The third-order valence-corrected chi connectivity index (χ3v) is 11.5. The Kier molecular flexibility index (Phi) is 7.06. The van der Waals surface area contributed by atoms with E-state index in [-0.39, 0.29) is 36.2 Å². The van der Waals surface area contributed by atoms with Gasteiger partial charge in [0.25, 0.3) is 0 Å². The Balaban J connectivity index is 1.75. The topological polar surface area (TPSA) is 138 Å². The van der Waals surface area contributed by atoms with Crippen molar-refractivity contribution >= 4 is 23.3 Å². The minimum Gasteiger partial charge on any atom is -0.456 e.